The van der Waals surface area contributed by atoms with Crippen LogP contribution in [0.3, 0.4) is 0 Å². The number of rotatable bonds is 7. The minimum absolute atomic E-state index is 0.0447. The molecule has 0 aromatic carbocycles. The summed E-state index contributed by atoms with van der Waals surface area (Å²) in [6.07, 6.45) is 4.61. The third-order valence-corrected chi connectivity index (χ3v) is 3.63. The maximum Gasteiger partial charge on any atom is 0.324 e. The SMILES string of the molecule is C/C=C\C#CCC(CCCC1OCCO1)(C(=O)OC)C(=O)OC. The predicted octanol–water partition coefficient (Wildman–Crippen LogP) is 1.83. The smallest absolute Gasteiger partial charge is 0.324 e. The molecule has 1 heterocycles. The number of carbonyl (C=O) groups is 2. The minimum atomic E-state index is -1.42. The first-order valence-corrected chi connectivity index (χ1v) is 7.60. The Kier molecular flexibility index (Phi) is 8.38. The molecule has 0 N–H and O–H groups in total. The van der Waals surface area contributed by atoms with E-state index in [1.165, 1.54) is 14.2 Å². The van der Waals surface area contributed by atoms with Crippen LogP contribution in [0.15, 0.2) is 12.2 Å². The summed E-state index contributed by atoms with van der Waals surface area (Å²) in [4.78, 5) is 24.5. The van der Waals surface area contributed by atoms with Crippen LogP contribution in [0.2, 0.25) is 0 Å². The molecule has 0 amide bonds. The van der Waals surface area contributed by atoms with Gasteiger partial charge >= 0.3 is 11.9 Å². The van der Waals surface area contributed by atoms with Gasteiger partial charge in [-0.1, -0.05) is 17.9 Å². The summed E-state index contributed by atoms with van der Waals surface area (Å²) in [6.45, 7) is 2.97. The highest BCUT2D eigenvalue weighted by Crippen LogP contribution is 2.33. The summed E-state index contributed by atoms with van der Waals surface area (Å²) in [6, 6.07) is 0. The molecule has 23 heavy (non-hydrogen) atoms. The average molecular weight is 324 g/mol. The zero-order valence-electron chi connectivity index (χ0n) is 13.9. The van der Waals surface area contributed by atoms with Crippen molar-refractivity contribution in [3.63, 3.8) is 0 Å². The Hall–Kier alpha value is -1.84. The van der Waals surface area contributed by atoms with Crippen LogP contribution in [0.5, 0.6) is 0 Å². The Morgan fingerprint density at radius 2 is 1.83 bits per heavy atom. The van der Waals surface area contributed by atoms with Gasteiger partial charge in [0.05, 0.1) is 27.4 Å². The summed E-state index contributed by atoms with van der Waals surface area (Å²) >= 11 is 0. The van der Waals surface area contributed by atoms with Gasteiger partial charge in [-0.3, -0.25) is 9.59 Å². The van der Waals surface area contributed by atoms with E-state index < -0.39 is 17.4 Å². The summed E-state index contributed by atoms with van der Waals surface area (Å²) in [5.41, 5.74) is -1.42. The van der Waals surface area contributed by atoms with E-state index in [4.69, 9.17) is 18.9 Å². The van der Waals surface area contributed by atoms with E-state index in [0.29, 0.717) is 26.1 Å². The second-order valence-electron chi connectivity index (χ2n) is 5.13. The van der Waals surface area contributed by atoms with Crippen molar-refractivity contribution in [2.75, 3.05) is 27.4 Å². The maximum absolute atomic E-state index is 12.3. The fourth-order valence-electron chi connectivity index (χ4n) is 2.40. The lowest BCUT2D eigenvalue weighted by Gasteiger charge is -2.26. The number of hydrogen-bond donors (Lipinski definition) is 0. The molecule has 0 spiro atoms. The van der Waals surface area contributed by atoms with Gasteiger partial charge in [0.1, 0.15) is 0 Å². The quantitative estimate of drug-likeness (QED) is 0.404. The summed E-state index contributed by atoms with van der Waals surface area (Å²) in [5.74, 6) is 4.36. The molecule has 6 nitrogen and oxygen atoms in total. The summed E-state index contributed by atoms with van der Waals surface area (Å²) < 4.78 is 20.4. The van der Waals surface area contributed by atoms with Crippen molar-refractivity contribution >= 4 is 11.9 Å². The second kappa shape index (κ2) is 10.0. The maximum atomic E-state index is 12.3. The number of allylic oxidation sites excluding steroid dienone is 2. The van der Waals surface area contributed by atoms with Gasteiger partial charge in [0.2, 0.25) is 0 Å². The van der Waals surface area contributed by atoms with Crippen molar-refractivity contribution in [3.05, 3.63) is 12.2 Å². The first kappa shape index (κ1) is 19.2. The molecule has 0 unspecified atom stereocenters. The molecule has 1 rings (SSSR count). The second-order valence-corrected chi connectivity index (χ2v) is 5.13. The molecular weight excluding hydrogens is 300 g/mol. The standard InChI is InChI=1S/C17H24O6/c1-4-5-6-7-10-17(15(18)20-2,16(19)21-3)11-8-9-14-22-12-13-23-14/h4-5,14H,8-13H2,1-3H3/b5-4-. The Morgan fingerprint density at radius 3 is 2.35 bits per heavy atom. The van der Waals surface area contributed by atoms with Crippen molar-refractivity contribution in [1.29, 1.82) is 0 Å². The van der Waals surface area contributed by atoms with E-state index >= 15 is 0 Å². The van der Waals surface area contributed by atoms with Crippen LogP contribution in [-0.4, -0.2) is 45.7 Å². The van der Waals surface area contributed by atoms with E-state index in [2.05, 4.69) is 11.8 Å². The molecule has 0 radical (unpaired) electrons. The van der Waals surface area contributed by atoms with E-state index in [9.17, 15) is 9.59 Å². The Labute approximate surface area is 137 Å². The summed E-state index contributed by atoms with van der Waals surface area (Å²) in [7, 11) is 2.51. The van der Waals surface area contributed by atoms with Crippen molar-refractivity contribution in [2.45, 2.75) is 38.9 Å². The molecule has 0 aromatic rings. The van der Waals surface area contributed by atoms with Gasteiger partial charge in [-0.15, -0.1) is 0 Å². The van der Waals surface area contributed by atoms with Crippen LogP contribution >= 0.6 is 0 Å². The Bertz CT molecular complexity index is 463. The molecular formula is C17H24O6. The lowest BCUT2D eigenvalue weighted by molar-refractivity contribution is -0.169. The molecule has 128 valence electrons. The van der Waals surface area contributed by atoms with Gasteiger partial charge in [0.25, 0.3) is 0 Å². The first-order chi connectivity index (χ1) is 11.1. The van der Waals surface area contributed by atoms with Crippen LogP contribution in [0.4, 0.5) is 0 Å². The van der Waals surface area contributed by atoms with E-state index in [1.54, 1.807) is 12.2 Å². The van der Waals surface area contributed by atoms with Crippen LogP contribution < -0.4 is 0 Å². The molecule has 0 aromatic heterocycles. The van der Waals surface area contributed by atoms with Crippen molar-refractivity contribution in [2.24, 2.45) is 5.41 Å². The Morgan fingerprint density at radius 1 is 1.22 bits per heavy atom. The normalized spacial score (nSPS) is 15.3. The van der Waals surface area contributed by atoms with Gasteiger partial charge in [-0.05, 0) is 32.3 Å². The monoisotopic (exact) mass is 324 g/mol. The third kappa shape index (κ3) is 5.38. The van der Waals surface area contributed by atoms with Crippen molar-refractivity contribution < 1.29 is 28.5 Å². The van der Waals surface area contributed by atoms with Gasteiger partial charge in [-0.25, -0.2) is 0 Å². The predicted molar refractivity (Wildman–Crippen MR) is 83.2 cm³/mol. The molecule has 0 aliphatic carbocycles. The zero-order chi connectivity index (χ0) is 17.1. The third-order valence-electron chi connectivity index (χ3n) is 3.63. The fraction of sp³-hybridized carbons (Fsp3) is 0.647. The average Bonchev–Trinajstić information content (AvgIpc) is 3.09. The minimum Gasteiger partial charge on any atom is -0.468 e. The van der Waals surface area contributed by atoms with Crippen molar-refractivity contribution in [3.8, 4) is 11.8 Å². The van der Waals surface area contributed by atoms with Gasteiger partial charge in [0, 0.05) is 6.42 Å². The molecule has 1 saturated heterocycles. The number of esters is 2. The highest BCUT2D eigenvalue weighted by molar-refractivity contribution is 6.00. The first-order valence-electron chi connectivity index (χ1n) is 7.60. The highest BCUT2D eigenvalue weighted by Gasteiger charge is 2.47. The van der Waals surface area contributed by atoms with Crippen LogP contribution in [0, 0.1) is 17.3 Å². The molecule has 1 aliphatic rings. The van der Waals surface area contributed by atoms with Gasteiger partial charge in [0.15, 0.2) is 11.7 Å². The number of carbonyl (C=O) groups excluding carboxylic acids is 2. The lowest BCUT2D eigenvalue weighted by atomic mass is 9.79. The van der Waals surface area contributed by atoms with Crippen LogP contribution in [-0.2, 0) is 28.5 Å². The summed E-state index contributed by atoms with van der Waals surface area (Å²) in [5, 5.41) is 0. The van der Waals surface area contributed by atoms with E-state index in [0.717, 1.165) is 0 Å². The van der Waals surface area contributed by atoms with Crippen molar-refractivity contribution in [1.82, 2.24) is 0 Å². The number of hydrogen-bond acceptors (Lipinski definition) is 6. The molecule has 6 heteroatoms. The van der Waals surface area contributed by atoms with E-state index in [-0.39, 0.29) is 19.1 Å². The highest BCUT2D eigenvalue weighted by atomic mass is 16.7. The number of ether oxygens (including phenoxy) is 4. The number of methoxy groups -OCH3 is 2. The van der Waals surface area contributed by atoms with Crippen LogP contribution in [0.25, 0.3) is 0 Å². The topological polar surface area (TPSA) is 71.1 Å². The molecule has 1 fully saturated rings. The van der Waals surface area contributed by atoms with Crippen LogP contribution in [0.1, 0.15) is 32.6 Å². The van der Waals surface area contributed by atoms with E-state index in [1.807, 2.05) is 6.92 Å². The Balaban J connectivity index is 2.84. The largest absolute Gasteiger partial charge is 0.468 e. The molecule has 0 bridgehead atoms. The molecule has 0 saturated carbocycles. The lowest BCUT2D eigenvalue weighted by Crippen LogP contribution is -2.41. The van der Waals surface area contributed by atoms with Gasteiger partial charge < -0.3 is 18.9 Å². The van der Waals surface area contributed by atoms with Gasteiger partial charge in [-0.2, -0.15) is 0 Å². The fourth-order valence-corrected chi connectivity index (χ4v) is 2.40. The zero-order valence-corrected chi connectivity index (χ0v) is 13.9. The molecule has 1 aliphatic heterocycles. The molecule has 0 atom stereocenters.